The van der Waals surface area contributed by atoms with Crippen molar-refractivity contribution in [3.63, 3.8) is 0 Å². The Morgan fingerprint density at radius 2 is 1.85 bits per heavy atom. The third kappa shape index (κ3) is 5.32. The molecule has 27 heavy (non-hydrogen) atoms. The van der Waals surface area contributed by atoms with E-state index >= 15 is 0 Å². The predicted octanol–water partition coefficient (Wildman–Crippen LogP) is 2.04. The molecule has 0 aromatic heterocycles. The Balaban J connectivity index is 2.00. The molecule has 0 radical (unpaired) electrons. The van der Waals surface area contributed by atoms with E-state index in [4.69, 9.17) is 9.47 Å². The number of ether oxygens (including phenoxy) is 2. The van der Waals surface area contributed by atoms with Crippen molar-refractivity contribution in [1.82, 2.24) is 10.6 Å². The minimum Gasteiger partial charge on any atom is -0.493 e. The molecule has 1 aliphatic carbocycles. The van der Waals surface area contributed by atoms with Crippen LogP contribution in [-0.2, 0) is 4.79 Å². The van der Waals surface area contributed by atoms with Gasteiger partial charge in [-0.3, -0.25) is 19.7 Å². The highest BCUT2D eigenvalue weighted by Crippen LogP contribution is 2.34. The van der Waals surface area contributed by atoms with Gasteiger partial charge in [-0.05, 0) is 19.8 Å². The first-order valence-corrected chi connectivity index (χ1v) is 9.03. The van der Waals surface area contributed by atoms with Gasteiger partial charge in [-0.15, -0.1) is 0 Å². The topological polar surface area (TPSA) is 120 Å². The summed E-state index contributed by atoms with van der Waals surface area (Å²) in [5.41, 5.74) is -0.492. The number of methoxy groups -OCH3 is 1. The van der Waals surface area contributed by atoms with Crippen LogP contribution in [0.1, 0.15) is 43.0 Å². The fourth-order valence-corrected chi connectivity index (χ4v) is 3.10. The molecule has 148 valence electrons. The molecular formula is C18H25N3O6. The maximum absolute atomic E-state index is 12.4. The van der Waals surface area contributed by atoms with Crippen molar-refractivity contribution in [3.05, 3.63) is 27.8 Å². The number of benzene rings is 1. The smallest absolute Gasteiger partial charge is 0.286 e. The zero-order chi connectivity index (χ0) is 19.8. The van der Waals surface area contributed by atoms with E-state index in [1.54, 1.807) is 6.92 Å². The number of nitrogens with zero attached hydrogens (tertiary/aromatic N) is 1. The summed E-state index contributed by atoms with van der Waals surface area (Å²) in [4.78, 5) is 35.0. The zero-order valence-corrected chi connectivity index (χ0v) is 15.6. The molecule has 0 spiro atoms. The van der Waals surface area contributed by atoms with Crippen molar-refractivity contribution in [2.24, 2.45) is 5.92 Å². The number of carbonyl (C=O) groups excluding carboxylic acids is 2. The van der Waals surface area contributed by atoms with Gasteiger partial charge in [0, 0.05) is 25.1 Å². The molecule has 0 bridgehead atoms. The Hall–Kier alpha value is -2.84. The van der Waals surface area contributed by atoms with Gasteiger partial charge >= 0.3 is 0 Å². The second-order valence-corrected chi connectivity index (χ2v) is 6.24. The molecule has 1 aromatic rings. The monoisotopic (exact) mass is 379 g/mol. The SMILES string of the molecule is CCOc1cc(C(=O)NCCNC(=O)C2CCCC2)c([N+](=O)[O-])cc1OC. The maximum Gasteiger partial charge on any atom is 0.286 e. The first-order valence-electron chi connectivity index (χ1n) is 9.03. The number of nitrogens with one attached hydrogen (secondary N) is 2. The summed E-state index contributed by atoms with van der Waals surface area (Å²) >= 11 is 0. The quantitative estimate of drug-likeness (QED) is 0.385. The van der Waals surface area contributed by atoms with Crippen molar-refractivity contribution < 1.29 is 24.0 Å². The van der Waals surface area contributed by atoms with E-state index in [0.717, 1.165) is 25.7 Å². The van der Waals surface area contributed by atoms with Crippen LogP contribution < -0.4 is 20.1 Å². The van der Waals surface area contributed by atoms with E-state index in [2.05, 4.69) is 10.6 Å². The highest BCUT2D eigenvalue weighted by molar-refractivity contribution is 5.99. The standard InChI is InChI=1S/C18H25N3O6/c1-3-27-16-10-13(14(21(24)25)11-15(16)26-2)18(23)20-9-8-19-17(22)12-6-4-5-7-12/h10-12H,3-9H2,1-2H3,(H,19,22)(H,20,23). The zero-order valence-electron chi connectivity index (χ0n) is 15.6. The Kier molecular flexibility index (Phi) is 7.39. The van der Waals surface area contributed by atoms with Crippen LogP contribution in [0.3, 0.4) is 0 Å². The van der Waals surface area contributed by atoms with Crippen LogP contribution in [0.4, 0.5) is 5.69 Å². The summed E-state index contributed by atoms with van der Waals surface area (Å²) in [6, 6.07) is 2.47. The number of hydrogen-bond acceptors (Lipinski definition) is 6. The molecule has 0 aliphatic heterocycles. The van der Waals surface area contributed by atoms with E-state index in [1.807, 2.05) is 0 Å². The van der Waals surface area contributed by atoms with Gasteiger partial charge in [-0.1, -0.05) is 12.8 Å². The molecule has 0 heterocycles. The van der Waals surface area contributed by atoms with Crippen molar-refractivity contribution in [2.45, 2.75) is 32.6 Å². The predicted molar refractivity (Wildman–Crippen MR) is 98.1 cm³/mol. The van der Waals surface area contributed by atoms with E-state index in [1.165, 1.54) is 19.2 Å². The summed E-state index contributed by atoms with van der Waals surface area (Å²) in [5, 5.41) is 16.7. The van der Waals surface area contributed by atoms with Crippen LogP contribution in [0.2, 0.25) is 0 Å². The summed E-state index contributed by atoms with van der Waals surface area (Å²) in [5.74, 6) is -0.123. The summed E-state index contributed by atoms with van der Waals surface area (Å²) in [7, 11) is 1.37. The van der Waals surface area contributed by atoms with Gasteiger partial charge in [0.1, 0.15) is 5.56 Å². The molecule has 2 N–H and O–H groups in total. The first-order chi connectivity index (χ1) is 13.0. The van der Waals surface area contributed by atoms with Gasteiger partial charge in [0.25, 0.3) is 11.6 Å². The van der Waals surface area contributed by atoms with Crippen molar-refractivity contribution >= 4 is 17.5 Å². The second-order valence-electron chi connectivity index (χ2n) is 6.24. The number of carbonyl (C=O) groups is 2. The third-order valence-electron chi connectivity index (χ3n) is 4.46. The van der Waals surface area contributed by atoms with Gasteiger partial charge in [-0.2, -0.15) is 0 Å². The normalized spacial score (nSPS) is 13.9. The number of nitro benzene ring substituents is 1. The van der Waals surface area contributed by atoms with Gasteiger partial charge in [0.15, 0.2) is 11.5 Å². The Morgan fingerprint density at radius 1 is 1.19 bits per heavy atom. The molecular weight excluding hydrogens is 354 g/mol. The van der Waals surface area contributed by atoms with E-state index in [0.29, 0.717) is 6.61 Å². The first kappa shape index (κ1) is 20.5. The Morgan fingerprint density at radius 3 is 2.44 bits per heavy atom. The molecule has 0 saturated heterocycles. The van der Waals surface area contributed by atoms with Crippen molar-refractivity contribution in [2.75, 3.05) is 26.8 Å². The summed E-state index contributed by atoms with van der Waals surface area (Å²) in [6.07, 6.45) is 3.93. The van der Waals surface area contributed by atoms with Crippen LogP contribution >= 0.6 is 0 Å². The summed E-state index contributed by atoms with van der Waals surface area (Å²) in [6.45, 7) is 2.52. The van der Waals surface area contributed by atoms with Crippen molar-refractivity contribution in [3.8, 4) is 11.5 Å². The Bertz CT molecular complexity index is 701. The molecule has 2 amide bonds. The number of hydrogen-bond donors (Lipinski definition) is 2. The maximum atomic E-state index is 12.4. The van der Waals surface area contributed by atoms with Gasteiger partial charge in [-0.25, -0.2) is 0 Å². The second kappa shape index (κ2) is 9.75. The van der Waals surface area contributed by atoms with Crippen LogP contribution in [0.25, 0.3) is 0 Å². The average molecular weight is 379 g/mol. The van der Waals surface area contributed by atoms with Gasteiger partial charge in [0.05, 0.1) is 24.7 Å². The molecule has 1 aliphatic rings. The van der Waals surface area contributed by atoms with E-state index < -0.39 is 10.8 Å². The molecule has 9 nitrogen and oxygen atoms in total. The lowest BCUT2D eigenvalue weighted by Gasteiger charge is -2.13. The number of nitro groups is 1. The highest BCUT2D eigenvalue weighted by Gasteiger charge is 2.25. The van der Waals surface area contributed by atoms with Gasteiger partial charge < -0.3 is 20.1 Å². The van der Waals surface area contributed by atoms with Crippen LogP contribution in [0.5, 0.6) is 11.5 Å². The fraction of sp³-hybridized carbons (Fsp3) is 0.556. The molecule has 1 saturated carbocycles. The molecule has 2 rings (SSSR count). The lowest BCUT2D eigenvalue weighted by molar-refractivity contribution is -0.385. The van der Waals surface area contributed by atoms with E-state index in [-0.39, 0.29) is 47.7 Å². The van der Waals surface area contributed by atoms with E-state index in [9.17, 15) is 19.7 Å². The van der Waals surface area contributed by atoms with Crippen LogP contribution in [0, 0.1) is 16.0 Å². The lowest BCUT2D eigenvalue weighted by Crippen LogP contribution is -2.37. The molecule has 1 aromatic carbocycles. The molecule has 9 heteroatoms. The molecule has 1 fully saturated rings. The lowest BCUT2D eigenvalue weighted by atomic mass is 10.1. The largest absolute Gasteiger partial charge is 0.493 e. The minimum absolute atomic E-state index is 0.00388. The molecule has 0 atom stereocenters. The van der Waals surface area contributed by atoms with Gasteiger partial charge in [0.2, 0.25) is 5.91 Å². The highest BCUT2D eigenvalue weighted by atomic mass is 16.6. The Labute approximate surface area is 157 Å². The average Bonchev–Trinajstić information content (AvgIpc) is 3.19. The van der Waals surface area contributed by atoms with Crippen molar-refractivity contribution in [1.29, 1.82) is 0 Å². The minimum atomic E-state index is -0.644. The number of amides is 2. The summed E-state index contributed by atoms with van der Waals surface area (Å²) < 4.78 is 10.5. The van der Waals surface area contributed by atoms with Crippen LogP contribution in [0.15, 0.2) is 12.1 Å². The van der Waals surface area contributed by atoms with Crippen LogP contribution in [-0.4, -0.2) is 43.5 Å². The fourth-order valence-electron chi connectivity index (χ4n) is 3.10. The molecule has 0 unspecified atom stereocenters. The number of rotatable bonds is 9. The third-order valence-corrected chi connectivity index (χ3v) is 4.46.